The summed E-state index contributed by atoms with van der Waals surface area (Å²) in [6, 6.07) is 7.83. The van der Waals surface area contributed by atoms with E-state index in [9.17, 15) is 0 Å². The fourth-order valence-corrected chi connectivity index (χ4v) is 1.57. The van der Waals surface area contributed by atoms with Crippen molar-refractivity contribution in [1.29, 1.82) is 5.26 Å². The number of nitrogens with zero attached hydrogens (tertiary/aromatic N) is 1. The van der Waals surface area contributed by atoms with E-state index >= 15 is 0 Å². The van der Waals surface area contributed by atoms with Crippen LogP contribution in [-0.2, 0) is 0 Å². The van der Waals surface area contributed by atoms with Crippen LogP contribution in [0.5, 0.6) is 0 Å². The topological polar surface area (TPSA) is 35.8 Å². The average molecular weight is 184 g/mol. The number of hydrogen-bond donors (Lipinski definition) is 1. The Morgan fingerprint density at radius 3 is 2.86 bits per heavy atom. The molecular weight excluding hydrogens is 172 g/mol. The van der Waals surface area contributed by atoms with Crippen molar-refractivity contribution in [3.8, 4) is 6.07 Å². The van der Waals surface area contributed by atoms with Crippen LogP contribution in [0.3, 0.4) is 0 Å². The van der Waals surface area contributed by atoms with Crippen molar-refractivity contribution >= 4 is 11.8 Å². The Balaban J connectivity index is 2.49. The van der Waals surface area contributed by atoms with Gasteiger partial charge < -0.3 is 5.32 Å². The molecule has 1 N–H and O–H groups in total. The Morgan fingerprint density at radius 1 is 1.36 bits per heavy atom. The third-order valence-electron chi connectivity index (χ3n) is 2.32. The van der Waals surface area contributed by atoms with E-state index in [1.807, 2.05) is 18.2 Å². The SMILES string of the molecule is CC1(C)C=Cc2ccc(C#N)cc2N1. The van der Waals surface area contributed by atoms with Gasteiger partial charge in [0.15, 0.2) is 0 Å². The second-order valence-corrected chi connectivity index (χ2v) is 4.09. The second kappa shape index (κ2) is 2.88. The molecule has 0 saturated carbocycles. The lowest BCUT2D eigenvalue weighted by atomic mass is 9.96. The third kappa shape index (κ3) is 1.49. The van der Waals surface area contributed by atoms with Crippen molar-refractivity contribution in [3.05, 3.63) is 35.4 Å². The zero-order chi connectivity index (χ0) is 10.2. The maximum absolute atomic E-state index is 8.77. The molecule has 1 aliphatic heterocycles. The van der Waals surface area contributed by atoms with E-state index in [0.717, 1.165) is 11.3 Å². The van der Waals surface area contributed by atoms with Gasteiger partial charge in [-0.05, 0) is 31.5 Å². The van der Waals surface area contributed by atoms with E-state index in [4.69, 9.17) is 5.26 Å². The molecule has 0 spiro atoms. The summed E-state index contributed by atoms with van der Waals surface area (Å²) in [5.74, 6) is 0. The van der Waals surface area contributed by atoms with Gasteiger partial charge in [-0.3, -0.25) is 0 Å². The molecule has 1 aromatic carbocycles. The van der Waals surface area contributed by atoms with Crippen LogP contribution in [0.2, 0.25) is 0 Å². The lowest BCUT2D eigenvalue weighted by molar-refractivity contribution is 0.711. The van der Waals surface area contributed by atoms with Gasteiger partial charge in [-0.25, -0.2) is 0 Å². The van der Waals surface area contributed by atoms with Crippen LogP contribution in [0.1, 0.15) is 25.0 Å². The van der Waals surface area contributed by atoms with Gasteiger partial charge >= 0.3 is 0 Å². The molecule has 0 amide bonds. The molecule has 0 radical (unpaired) electrons. The number of nitriles is 1. The van der Waals surface area contributed by atoms with E-state index in [1.165, 1.54) is 0 Å². The number of rotatable bonds is 0. The average Bonchev–Trinajstić information content (AvgIpc) is 2.15. The fourth-order valence-electron chi connectivity index (χ4n) is 1.57. The molecule has 70 valence electrons. The minimum absolute atomic E-state index is 0.0267. The predicted molar refractivity (Wildman–Crippen MR) is 57.9 cm³/mol. The first-order chi connectivity index (χ1) is 6.61. The molecule has 1 heterocycles. The van der Waals surface area contributed by atoms with Crippen LogP contribution < -0.4 is 5.32 Å². The van der Waals surface area contributed by atoms with Gasteiger partial charge in [-0.1, -0.05) is 18.2 Å². The van der Waals surface area contributed by atoms with E-state index in [0.29, 0.717) is 5.56 Å². The maximum Gasteiger partial charge on any atom is 0.0992 e. The van der Waals surface area contributed by atoms with Crippen molar-refractivity contribution in [1.82, 2.24) is 0 Å². The summed E-state index contributed by atoms with van der Waals surface area (Å²) in [7, 11) is 0. The van der Waals surface area contributed by atoms with Gasteiger partial charge in [-0.2, -0.15) is 5.26 Å². The highest BCUT2D eigenvalue weighted by atomic mass is 15.0. The van der Waals surface area contributed by atoms with Crippen molar-refractivity contribution in [2.45, 2.75) is 19.4 Å². The number of benzene rings is 1. The quantitative estimate of drug-likeness (QED) is 0.673. The summed E-state index contributed by atoms with van der Waals surface area (Å²) in [6.07, 6.45) is 4.22. The highest BCUT2D eigenvalue weighted by Gasteiger charge is 2.18. The Bertz CT molecular complexity index is 436. The highest BCUT2D eigenvalue weighted by Crippen LogP contribution is 2.28. The molecule has 2 rings (SSSR count). The summed E-state index contributed by atoms with van der Waals surface area (Å²) >= 11 is 0. The Kier molecular flexibility index (Phi) is 1.82. The van der Waals surface area contributed by atoms with Gasteiger partial charge in [0.2, 0.25) is 0 Å². The minimum atomic E-state index is -0.0267. The number of nitrogens with one attached hydrogen (secondary N) is 1. The van der Waals surface area contributed by atoms with Crippen LogP contribution in [-0.4, -0.2) is 5.54 Å². The zero-order valence-electron chi connectivity index (χ0n) is 8.33. The molecule has 0 bridgehead atoms. The Morgan fingerprint density at radius 2 is 2.14 bits per heavy atom. The van der Waals surface area contributed by atoms with Crippen LogP contribution in [0, 0.1) is 11.3 Å². The first-order valence-corrected chi connectivity index (χ1v) is 4.62. The lowest BCUT2D eigenvalue weighted by Crippen LogP contribution is -2.30. The molecule has 0 saturated heterocycles. The molecule has 1 aromatic rings. The van der Waals surface area contributed by atoms with Crippen LogP contribution >= 0.6 is 0 Å². The summed E-state index contributed by atoms with van der Waals surface area (Å²) in [4.78, 5) is 0. The summed E-state index contributed by atoms with van der Waals surface area (Å²) in [5.41, 5.74) is 2.85. The number of anilines is 1. The normalized spacial score (nSPS) is 16.6. The monoisotopic (exact) mass is 184 g/mol. The van der Waals surface area contributed by atoms with Gasteiger partial charge in [0, 0.05) is 5.69 Å². The van der Waals surface area contributed by atoms with Crippen molar-refractivity contribution < 1.29 is 0 Å². The minimum Gasteiger partial charge on any atom is -0.376 e. The van der Waals surface area contributed by atoms with Crippen LogP contribution in [0.25, 0.3) is 6.08 Å². The molecule has 2 nitrogen and oxygen atoms in total. The zero-order valence-corrected chi connectivity index (χ0v) is 8.33. The Labute approximate surface area is 83.9 Å². The van der Waals surface area contributed by atoms with Gasteiger partial charge in [-0.15, -0.1) is 0 Å². The Hall–Kier alpha value is -1.75. The molecule has 1 aliphatic rings. The number of hydrogen-bond acceptors (Lipinski definition) is 2. The standard InChI is InChI=1S/C12H12N2/c1-12(2)6-5-10-4-3-9(8-13)7-11(10)14-12/h3-7,14H,1-2H3. The predicted octanol–water partition coefficient (Wildman–Crippen LogP) is 2.78. The van der Waals surface area contributed by atoms with Crippen molar-refractivity contribution in [3.63, 3.8) is 0 Å². The van der Waals surface area contributed by atoms with Gasteiger partial charge in [0.1, 0.15) is 0 Å². The van der Waals surface area contributed by atoms with Crippen molar-refractivity contribution in [2.24, 2.45) is 0 Å². The largest absolute Gasteiger partial charge is 0.376 e. The van der Waals surface area contributed by atoms with Gasteiger partial charge in [0.05, 0.1) is 17.2 Å². The summed E-state index contributed by atoms with van der Waals surface area (Å²) in [5, 5.41) is 12.1. The van der Waals surface area contributed by atoms with E-state index < -0.39 is 0 Å². The third-order valence-corrected chi connectivity index (χ3v) is 2.32. The summed E-state index contributed by atoms with van der Waals surface area (Å²) in [6.45, 7) is 4.21. The van der Waals surface area contributed by atoms with E-state index in [2.05, 4.69) is 37.4 Å². The summed E-state index contributed by atoms with van der Waals surface area (Å²) < 4.78 is 0. The second-order valence-electron chi connectivity index (χ2n) is 4.09. The first-order valence-electron chi connectivity index (χ1n) is 4.62. The maximum atomic E-state index is 8.77. The van der Waals surface area contributed by atoms with Crippen LogP contribution in [0.4, 0.5) is 5.69 Å². The molecular formula is C12H12N2. The smallest absolute Gasteiger partial charge is 0.0992 e. The lowest BCUT2D eigenvalue weighted by Gasteiger charge is -2.28. The molecule has 0 aliphatic carbocycles. The molecule has 0 unspecified atom stereocenters. The molecule has 14 heavy (non-hydrogen) atoms. The van der Waals surface area contributed by atoms with Gasteiger partial charge in [0.25, 0.3) is 0 Å². The highest BCUT2D eigenvalue weighted by molar-refractivity contribution is 5.73. The molecule has 2 heteroatoms. The van der Waals surface area contributed by atoms with Crippen LogP contribution in [0.15, 0.2) is 24.3 Å². The number of fused-ring (bicyclic) bond motifs is 1. The fraction of sp³-hybridized carbons (Fsp3) is 0.250. The van der Waals surface area contributed by atoms with E-state index in [1.54, 1.807) is 0 Å². The first kappa shape index (κ1) is 8.83. The molecule has 0 fully saturated rings. The van der Waals surface area contributed by atoms with E-state index in [-0.39, 0.29) is 5.54 Å². The molecule has 0 aromatic heterocycles. The molecule has 0 atom stereocenters. The van der Waals surface area contributed by atoms with Crippen molar-refractivity contribution in [2.75, 3.05) is 5.32 Å².